The Kier molecular flexibility index (Phi) is 6.53. The summed E-state index contributed by atoms with van der Waals surface area (Å²) in [6.45, 7) is 5.73. The van der Waals surface area contributed by atoms with Gasteiger partial charge < -0.3 is 9.30 Å². The minimum Gasteiger partial charge on any atom is -0.380 e. The van der Waals surface area contributed by atoms with Crippen LogP contribution >= 0.6 is 11.3 Å². The number of thiazole rings is 1. The zero-order chi connectivity index (χ0) is 19.2. The first-order chi connectivity index (χ1) is 13.1. The van der Waals surface area contributed by atoms with Crippen molar-refractivity contribution in [3.05, 3.63) is 64.2 Å². The van der Waals surface area contributed by atoms with Crippen molar-refractivity contribution in [2.45, 2.75) is 33.2 Å². The van der Waals surface area contributed by atoms with E-state index in [-0.39, 0.29) is 18.1 Å². The lowest BCUT2D eigenvalue weighted by atomic mass is 10.1. The first-order valence-electron chi connectivity index (χ1n) is 9.12. The van der Waals surface area contributed by atoms with Crippen molar-refractivity contribution in [2.24, 2.45) is 4.99 Å². The highest BCUT2D eigenvalue weighted by Crippen LogP contribution is 2.18. The molecule has 0 N–H and O–H groups in total. The predicted molar refractivity (Wildman–Crippen MR) is 106 cm³/mol. The van der Waals surface area contributed by atoms with Crippen molar-refractivity contribution in [3.63, 3.8) is 0 Å². The number of amides is 1. The Morgan fingerprint density at radius 1 is 1.15 bits per heavy atom. The second-order valence-electron chi connectivity index (χ2n) is 6.20. The van der Waals surface area contributed by atoms with E-state index in [0.717, 1.165) is 22.2 Å². The maximum Gasteiger partial charge on any atom is 0.252 e. The molecule has 1 amide bonds. The van der Waals surface area contributed by atoms with E-state index in [1.165, 1.54) is 29.0 Å². The molecule has 0 bridgehead atoms. The molecule has 0 aliphatic heterocycles. The van der Waals surface area contributed by atoms with Gasteiger partial charge in [-0.25, -0.2) is 4.39 Å². The number of rotatable bonds is 7. The fraction of sp³-hybridized carbons (Fsp3) is 0.333. The second kappa shape index (κ2) is 9.06. The SMILES string of the molecule is CCOCCn1c(=NC(=O)Cc2ccc(CC)cc2)sc2cc(F)ccc21. The highest BCUT2D eigenvalue weighted by molar-refractivity contribution is 7.16. The molecule has 142 valence electrons. The van der Waals surface area contributed by atoms with Crippen LogP contribution in [0.5, 0.6) is 0 Å². The number of hydrogen-bond donors (Lipinski definition) is 0. The van der Waals surface area contributed by atoms with Crippen LogP contribution in [0.25, 0.3) is 10.2 Å². The van der Waals surface area contributed by atoms with Crippen molar-refractivity contribution >= 4 is 27.5 Å². The summed E-state index contributed by atoms with van der Waals surface area (Å²) in [7, 11) is 0. The number of benzene rings is 2. The number of aryl methyl sites for hydroxylation is 1. The second-order valence-corrected chi connectivity index (χ2v) is 7.21. The van der Waals surface area contributed by atoms with E-state index in [9.17, 15) is 9.18 Å². The largest absolute Gasteiger partial charge is 0.380 e. The standard InChI is InChI=1S/C21H23FN2O2S/c1-3-15-5-7-16(8-6-15)13-20(25)23-21-24(11-12-26-4-2)18-10-9-17(22)14-19(18)27-21/h5-10,14H,3-4,11-13H2,1-2H3. The average molecular weight is 386 g/mol. The number of carbonyl (C=O) groups excluding carboxylic acids is 1. The quantitative estimate of drug-likeness (QED) is 0.574. The smallest absolute Gasteiger partial charge is 0.252 e. The van der Waals surface area contributed by atoms with Crippen molar-refractivity contribution in [1.82, 2.24) is 4.57 Å². The van der Waals surface area contributed by atoms with E-state index in [4.69, 9.17) is 4.74 Å². The maximum atomic E-state index is 13.6. The highest BCUT2D eigenvalue weighted by Gasteiger charge is 2.09. The Balaban J connectivity index is 1.90. The fourth-order valence-electron chi connectivity index (χ4n) is 2.86. The van der Waals surface area contributed by atoms with Crippen LogP contribution < -0.4 is 4.80 Å². The molecule has 2 aromatic carbocycles. The maximum absolute atomic E-state index is 13.6. The molecule has 27 heavy (non-hydrogen) atoms. The summed E-state index contributed by atoms with van der Waals surface area (Å²) in [5.41, 5.74) is 3.04. The van der Waals surface area contributed by atoms with E-state index in [1.54, 1.807) is 6.07 Å². The molecular formula is C21H23FN2O2S. The first-order valence-corrected chi connectivity index (χ1v) is 9.94. The number of ether oxygens (including phenoxy) is 1. The van der Waals surface area contributed by atoms with Gasteiger partial charge in [-0.05, 0) is 42.7 Å². The summed E-state index contributed by atoms with van der Waals surface area (Å²) in [5.74, 6) is -0.508. The van der Waals surface area contributed by atoms with Gasteiger partial charge in [-0.3, -0.25) is 4.79 Å². The highest BCUT2D eigenvalue weighted by atomic mass is 32.1. The lowest BCUT2D eigenvalue weighted by Gasteiger charge is -2.05. The summed E-state index contributed by atoms with van der Waals surface area (Å²) in [6.07, 6.45) is 1.22. The molecule has 6 heteroatoms. The zero-order valence-electron chi connectivity index (χ0n) is 15.6. The van der Waals surface area contributed by atoms with Gasteiger partial charge in [0.15, 0.2) is 4.80 Å². The summed E-state index contributed by atoms with van der Waals surface area (Å²) in [6, 6.07) is 12.6. The molecule has 0 saturated carbocycles. The van der Waals surface area contributed by atoms with Gasteiger partial charge in [-0.15, -0.1) is 0 Å². The van der Waals surface area contributed by atoms with Crippen LogP contribution in [0.1, 0.15) is 25.0 Å². The number of nitrogens with zero attached hydrogens (tertiary/aromatic N) is 2. The van der Waals surface area contributed by atoms with Gasteiger partial charge in [-0.1, -0.05) is 42.5 Å². The van der Waals surface area contributed by atoms with Crippen LogP contribution in [0, 0.1) is 5.82 Å². The number of carbonyl (C=O) groups is 1. The van der Waals surface area contributed by atoms with Crippen LogP contribution in [0.4, 0.5) is 4.39 Å². The lowest BCUT2D eigenvalue weighted by molar-refractivity contribution is -0.117. The van der Waals surface area contributed by atoms with Gasteiger partial charge in [0.25, 0.3) is 5.91 Å². The van der Waals surface area contributed by atoms with Crippen LogP contribution in [-0.4, -0.2) is 23.7 Å². The van der Waals surface area contributed by atoms with Gasteiger partial charge in [0.2, 0.25) is 0 Å². The molecule has 0 atom stereocenters. The molecule has 4 nitrogen and oxygen atoms in total. The minimum atomic E-state index is -0.297. The van der Waals surface area contributed by atoms with E-state index in [0.29, 0.717) is 24.6 Å². The van der Waals surface area contributed by atoms with E-state index in [2.05, 4.69) is 11.9 Å². The van der Waals surface area contributed by atoms with E-state index in [1.807, 2.05) is 35.8 Å². The molecule has 0 unspecified atom stereocenters. The fourth-order valence-corrected chi connectivity index (χ4v) is 3.96. The van der Waals surface area contributed by atoms with Crippen molar-refractivity contribution in [2.75, 3.05) is 13.2 Å². The van der Waals surface area contributed by atoms with Gasteiger partial charge in [-0.2, -0.15) is 4.99 Å². The van der Waals surface area contributed by atoms with Gasteiger partial charge in [0.1, 0.15) is 5.82 Å². The third-order valence-corrected chi connectivity index (χ3v) is 5.36. The van der Waals surface area contributed by atoms with Gasteiger partial charge in [0.05, 0.1) is 23.2 Å². The summed E-state index contributed by atoms with van der Waals surface area (Å²) in [4.78, 5) is 17.4. The third kappa shape index (κ3) is 4.90. The van der Waals surface area contributed by atoms with Crippen LogP contribution in [0.3, 0.4) is 0 Å². The molecule has 0 spiro atoms. The van der Waals surface area contributed by atoms with Gasteiger partial charge >= 0.3 is 0 Å². The molecule has 0 radical (unpaired) electrons. The Morgan fingerprint density at radius 3 is 2.59 bits per heavy atom. The number of halogens is 1. The molecule has 1 aromatic heterocycles. The van der Waals surface area contributed by atoms with Crippen molar-refractivity contribution < 1.29 is 13.9 Å². The normalized spacial score (nSPS) is 12.0. The number of hydrogen-bond acceptors (Lipinski definition) is 3. The molecule has 0 aliphatic carbocycles. The molecule has 1 heterocycles. The monoisotopic (exact) mass is 386 g/mol. The van der Waals surface area contributed by atoms with Crippen LogP contribution in [-0.2, 0) is 28.9 Å². The van der Waals surface area contributed by atoms with E-state index >= 15 is 0 Å². The molecule has 0 fully saturated rings. The topological polar surface area (TPSA) is 43.6 Å². The Hall–Kier alpha value is -2.31. The molecule has 3 rings (SSSR count). The Morgan fingerprint density at radius 2 is 1.89 bits per heavy atom. The van der Waals surface area contributed by atoms with Gasteiger partial charge in [0, 0.05) is 13.2 Å². The summed E-state index contributed by atoms with van der Waals surface area (Å²) in [5, 5.41) is 0. The summed E-state index contributed by atoms with van der Waals surface area (Å²) >= 11 is 1.32. The zero-order valence-corrected chi connectivity index (χ0v) is 16.4. The molecule has 0 aliphatic rings. The molecule has 0 saturated heterocycles. The third-order valence-electron chi connectivity index (χ3n) is 4.32. The van der Waals surface area contributed by atoms with E-state index < -0.39 is 0 Å². The van der Waals surface area contributed by atoms with Crippen LogP contribution in [0.2, 0.25) is 0 Å². The number of aromatic nitrogens is 1. The lowest BCUT2D eigenvalue weighted by Crippen LogP contribution is -2.20. The first kappa shape index (κ1) is 19.5. The van der Waals surface area contributed by atoms with Crippen LogP contribution in [0.15, 0.2) is 47.5 Å². The summed E-state index contributed by atoms with van der Waals surface area (Å²) < 4.78 is 21.7. The molecule has 3 aromatic rings. The number of fused-ring (bicyclic) bond motifs is 1. The minimum absolute atomic E-state index is 0.212. The average Bonchev–Trinajstić information content (AvgIpc) is 2.98. The van der Waals surface area contributed by atoms with Crippen molar-refractivity contribution in [1.29, 1.82) is 0 Å². The van der Waals surface area contributed by atoms with Crippen molar-refractivity contribution in [3.8, 4) is 0 Å². The predicted octanol–water partition coefficient (Wildman–Crippen LogP) is 4.11. The molecular weight excluding hydrogens is 363 g/mol. The Labute approximate surface area is 161 Å². The Bertz CT molecular complexity index is 990.